The molecule has 0 aromatic carbocycles. The SMILES string of the molecule is CO.CO.CO.CO.CO.ClCCl.ClCCl.ClCCl.ClCCl.ClCCl.ClCCl.ClCCl.ClCCl.ClCCl.ClCCl.ClCCl.ClCCl.ClCCl.ClCCl.ClCCl.ClCCl.ClCCl.ClCCl.ClCCl.ClCCl.ClCCl.ClCCl.ClCCl.ClCCl.ClCCl.ClCCl.ClCCl.ClCCl.ClCCl.ClCCl.ClCCl.ClCCl.ClCCl.ClCCl.ClCCl.ClCCl.ClCCl.ClCCl.ClCCl.ClCCl.ClCCl.ClCCl.ClCCl.ClCCl.ClCCl. The summed E-state index contributed by atoms with van der Waals surface area (Å²) in [5.41, 5.74) is 0. The fraction of sp³-hybridized carbons (Fsp3) is 1.00. The van der Waals surface area contributed by atoms with E-state index in [1.807, 2.05) is 0 Å². The Hall–Kier alpha value is 25.9. The van der Waals surface area contributed by atoms with Gasteiger partial charge in [0, 0.05) is 35.5 Å². The maximum absolute atomic E-state index is 7.00. The van der Waals surface area contributed by atoms with Gasteiger partial charge in [-0.25, -0.2) is 0 Å². The molecule has 0 unspecified atom stereocenters. The molecule has 0 aliphatic heterocycles. The summed E-state index contributed by atoms with van der Waals surface area (Å²) in [6, 6.07) is 0. The quantitative estimate of drug-likeness (QED) is 0.156. The van der Waals surface area contributed by atoms with Crippen molar-refractivity contribution in [2.24, 2.45) is 0 Å². The van der Waals surface area contributed by atoms with Crippen molar-refractivity contribution in [3.05, 3.63) is 0 Å². The van der Waals surface area contributed by atoms with Gasteiger partial charge in [-0.1, -0.05) is 0 Å². The molecule has 0 heterocycles. The van der Waals surface area contributed by atoms with E-state index in [1.165, 1.54) is 0 Å². The van der Waals surface area contributed by atoms with Gasteiger partial charge in [0.2, 0.25) is 0 Å². The van der Waals surface area contributed by atoms with Crippen LogP contribution in [-0.2, 0) is 0 Å². The minimum atomic E-state index is 0.194. The summed E-state index contributed by atoms with van der Waals surface area (Å²) in [5.74, 6) is 0. The number of aliphatic hydroxyl groups excluding tert-OH is 5. The summed E-state index contributed by atoms with van der Waals surface area (Å²) in [7, 11) is 5.00. The fourth-order valence-electron chi connectivity index (χ4n) is 0. The molecule has 0 rings (SSSR count). The molecule has 0 aromatic heterocycles. The zero-order chi connectivity index (χ0) is 132. The van der Waals surface area contributed by atoms with Crippen molar-refractivity contribution in [1.82, 2.24) is 0 Å². The average Bonchev–Trinajstić information content (AvgIpc) is 3.79. The van der Waals surface area contributed by atoms with Crippen molar-refractivity contribution in [2.75, 3.05) is 276 Å². The number of alkyl halides is 90. The molecule has 0 saturated carbocycles. The summed E-state index contributed by atoms with van der Waals surface area (Å²) in [4.78, 5) is 0. The van der Waals surface area contributed by atoms with Crippen molar-refractivity contribution >= 4 is 1040 Å². The average molecular weight is 3980 g/mol. The molecule has 5 nitrogen and oxygen atoms in total. The van der Waals surface area contributed by atoms with Crippen LogP contribution in [0.2, 0.25) is 0 Å². The van der Waals surface area contributed by atoms with Crippen LogP contribution in [0.15, 0.2) is 0 Å². The Morgan fingerprint density at radius 2 is 0.0483 bits per heavy atom. The highest BCUT2D eigenvalue weighted by molar-refractivity contribution is 6.53. The molecular weight excluding hydrogens is 3870 g/mol. The molecule has 0 saturated heterocycles. The molecule has 0 aliphatic rings. The van der Waals surface area contributed by atoms with E-state index in [9.17, 15) is 0 Å². The summed E-state index contributed by atoms with van der Waals surface area (Å²) in [6.45, 7) is 0. The maximum atomic E-state index is 7.00. The van der Waals surface area contributed by atoms with Gasteiger partial charge < -0.3 is 25.5 Å². The van der Waals surface area contributed by atoms with Crippen molar-refractivity contribution < 1.29 is 25.5 Å². The van der Waals surface area contributed by atoms with E-state index in [4.69, 9.17) is 1070 Å². The van der Waals surface area contributed by atoms with E-state index < -0.39 is 0 Å². The minimum Gasteiger partial charge on any atom is -0.400 e. The molecule has 95 heteroatoms. The van der Waals surface area contributed by atoms with Crippen molar-refractivity contribution in [2.45, 2.75) is 0 Å². The number of halogens is 90. The summed E-state index contributed by atoms with van der Waals surface area (Å²) < 4.78 is 0. The van der Waals surface area contributed by atoms with Crippen molar-refractivity contribution in [1.29, 1.82) is 0 Å². The zero-order valence-electron chi connectivity index (χ0n) is 73.1. The monoisotopic (exact) mass is 3940 g/mol. The van der Waals surface area contributed by atoms with Gasteiger partial charge in [0.15, 0.2) is 0 Å². The lowest BCUT2D eigenvalue weighted by Gasteiger charge is -1.42. The highest BCUT2D eigenvalue weighted by Crippen LogP contribution is 1.86. The number of aliphatic hydroxyl groups is 5. The first-order chi connectivity index (χ1) is 68.6. The van der Waals surface area contributed by atoms with Crippen LogP contribution in [0.3, 0.4) is 0 Å². The Bertz CT molecular complexity index is 410. The Morgan fingerprint density at radius 1 is 0.0483 bits per heavy atom. The second-order valence-electron chi connectivity index (χ2n) is 4.55. The normalized spacial score (nSPS) is 5.79. The molecule has 0 amide bonds. The molecule has 970 valence electrons. The molecule has 0 aliphatic carbocycles. The predicted octanol–water partition coefficient (Wildman–Crippen LogP) is 62.0. The molecule has 0 atom stereocenters. The predicted molar refractivity (Wildman–Crippen MR) is 786 cm³/mol. The molecule has 5 N–H and O–H groups in total. The van der Waals surface area contributed by atoms with Crippen LogP contribution in [0.5, 0.6) is 0 Å². The van der Waals surface area contributed by atoms with E-state index in [0.29, 0.717) is 0 Å². The number of hydrogen-bond acceptors (Lipinski definition) is 5. The highest BCUT2D eigenvalue weighted by atomic mass is 35.6. The van der Waals surface area contributed by atoms with Crippen LogP contribution >= 0.6 is 1040 Å². The fourth-order valence-corrected chi connectivity index (χ4v) is 0. The summed E-state index contributed by atoms with van der Waals surface area (Å²) in [5, 5.41) is 43.7. The van der Waals surface area contributed by atoms with Crippen molar-refractivity contribution in [3.63, 3.8) is 0 Å². The standard InChI is InChI=1S/45CH2Cl2.5CH4O/c45*2-1-3;5*1-2/h45*1H2;5*2H,1H3. The Morgan fingerprint density at radius 3 is 0.0483 bits per heavy atom. The van der Waals surface area contributed by atoms with Gasteiger partial charge in [0.25, 0.3) is 0 Å². The highest BCUT2D eigenvalue weighted by Gasteiger charge is 1.54. The molecule has 0 bridgehead atoms. The van der Waals surface area contributed by atoms with Gasteiger partial charge in [-0.2, -0.15) is 0 Å². The Kier molecular flexibility index (Phi) is 2240. The van der Waals surface area contributed by atoms with Crippen LogP contribution < -0.4 is 0 Å². The van der Waals surface area contributed by atoms with Gasteiger partial charge in [0.05, 0.1) is 240 Å². The maximum Gasteiger partial charge on any atom is 0.0967 e. The van der Waals surface area contributed by atoms with E-state index in [1.54, 1.807) is 0 Å². The minimum absolute atomic E-state index is 0.194. The van der Waals surface area contributed by atoms with Crippen LogP contribution in [0, 0.1) is 0 Å². The topological polar surface area (TPSA) is 101 Å². The molecular formula is C50H110Cl90O5. The molecule has 145 heavy (non-hydrogen) atoms. The van der Waals surface area contributed by atoms with Gasteiger partial charge in [-0.05, 0) is 0 Å². The summed E-state index contributed by atoms with van der Waals surface area (Å²) >= 11 is 429. The van der Waals surface area contributed by atoms with Crippen LogP contribution in [0.25, 0.3) is 0 Å². The second-order valence-corrected chi connectivity index (χ2v) is 40.9. The second kappa shape index (κ2) is 964. The molecule has 0 radical (unpaired) electrons. The third-order valence-corrected chi connectivity index (χ3v) is 0. The number of hydrogen-bond donors (Lipinski definition) is 5. The third kappa shape index (κ3) is 7140. The van der Waals surface area contributed by atoms with Crippen LogP contribution in [0.4, 0.5) is 0 Å². The first kappa shape index (κ1) is 338. The lowest BCUT2D eigenvalue weighted by molar-refractivity contribution is 0.399. The molecule has 0 spiro atoms. The lowest BCUT2D eigenvalue weighted by atomic mass is 11.8. The Labute approximate surface area is 1320 Å². The van der Waals surface area contributed by atoms with Gasteiger partial charge in [-0.15, -0.1) is 1040 Å². The first-order valence-electron chi connectivity index (χ1n) is 26.3. The first-order valence-corrected chi connectivity index (χ1v) is 74.4. The van der Waals surface area contributed by atoms with E-state index in [-0.39, 0.29) is 240 Å². The molecule has 0 fully saturated rings. The molecule has 0 aromatic rings. The van der Waals surface area contributed by atoms with Gasteiger partial charge in [0.1, 0.15) is 0 Å². The van der Waals surface area contributed by atoms with Crippen molar-refractivity contribution in [3.8, 4) is 0 Å². The Balaban J connectivity index is -0.0000000132. The zero-order valence-corrected chi connectivity index (χ0v) is 141. The van der Waals surface area contributed by atoms with E-state index >= 15 is 0 Å². The number of rotatable bonds is 0. The van der Waals surface area contributed by atoms with E-state index in [2.05, 4.69) is 0 Å². The third-order valence-electron chi connectivity index (χ3n) is 0. The smallest absolute Gasteiger partial charge is 0.0967 e. The van der Waals surface area contributed by atoms with Crippen LogP contribution in [0.1, 0.15) is 0 Å². The van der Waals surface area contributed by atoms with Gasteiger partial charge >= 0.3 is 0 Å². The van der Waals surface area contributed by atoms with E-state index in [0.717, 1.165) is 35.5 Å². The summed E-state index contributed by atoms with van der Waals surface area (Å²) in [6.07, 6.45) is 0. The lowest BCUT2D eigenvalue weighted by Crippen LogP contribution is -1.25. The largest absolute Gasteiger partial charge is 0.400 e. The van der Waals surface area contributed by atoms with Gasteiger partial charge in [-0.3, -0.25) is 0 Å². The van der Waals surface area contributed by atoms with Crippen LogP contribution in [-0.4, -0.2) is 301 Å².